The van der Waals surface area contributed by atoms with E-state index in [2.05, 4.69) is 23.5 Å². The first-order valence-corrected chi connectivity index (χ1v) is 8.04. The zero-order valence-corrected chi connectivity index (χ0v) is 12.7. The number of para-hydroxylation sites is 2. The average molecular weight is 305 g/mol. The fourth-order valence-electron chi connectivity index (χ4n) is 2.72. The van der Waals surface area contributed by atoms with Crippen molar-refractivity contribution in [1.29, 1.82) is 0 Å². The highest BCUT2D eigenvalue weighted by atomic mass is 32.2. The van der Waals surface area contributed by atoms with Gasteiger partial charge in [-0.25, -0.2) is 0 Å². The number of hydrogen-bond acceptors (Lipinski definition) is 3. The number of nitrogens with one attached hydrogen (secondary N) is 1. The van der Waals surface area contributed by atoms with E-state index in [1.807, 2.05) is 54.6 Å². The van der Waals surface area contributed by atoms with Gasteiger partial charge in [0.05, 0.1) is 11.4 Å². The molecule has 22 heavy (non-hydrogen) atoms. The molecule has 3 aromatic carbocycles. The van der Waals surface area contributed by atoms with Crippen molar-refractivity contribution in [2.24, 2.45) is 0 Å². The average Bonchev–Trinajstić information content (AvgIpc) is 2.59. The maximum atomic E-state index is 10.7. The molecular formula is C19H15NOS. The predicted molar refractivity (Wildman–Crippen MR) is 90.8 cm³/mol. The molecule has 0 fully saturated rings. The quantitative estimate of drug-likeness (QED) is 0.548. The first kappa shape index (κ1) is 13.4. The first-order chi connectivity index (χ1) is 10.8. The van der Waals surface area contributed by atoms with Crippen LogP contribution < -0.4 is 5.32 Å². The summed E-state index contributed by atoms with van der Waals surface area (Å²) < 4.78 is 0. The normalized spacial score (nSPS) is 13.7. The summed E-state index contributed by atoms with van der Waals surface area (Å²) >= 11 is 1.74. The minimum atomic E-state index is -0.630. The zero-order valence-electron chi connectivity index (χ0n) is 11.9. The number of aliphatic hydroxyl groups is 1. The molecule has 0 saturated heterocycles. The predicted octanol–water partition coefficient (Wildman–Crippen LogP) is 4.98. The summed E-state index contributed by atoms with van der Waals surface area (Å²) in [6, 6.07) is 24.1. The third-order valence-electron chi connectivity index (χ3n) is 3.83. The van der Waals surface area contributed by atoms with Gasteiger partial charge in [-0.3, -0.25) is 0 Å². The molecule has 0 radical (unpaired) electrons. The van der Waals surface area contributed by atoms with Crippen LogP contribution in [0.15, 0.2) is 82.6 Å². The van der Waals surface area contributed by atoms with Gasteiger partial charge in [0.15, 0.2) is 0 Å². The highest BCUT2D eigenvalue weighted by Crippen LogP contribution is 2.47. The first-order valence-electron chi connectivity index (χ1n) is 7.23. The van der Waals surface area contributed by atoms with Crippen LogP contribution in [0.3, 0.4) is 0 Å². The van der Waals surface area contributed by atoms with Crippen molar-refractivity contribution in [2.75, 3.05) is 5.32 Å². The fourth-order valence-corrected chi connectivity index (χ4v) is 3.75. The topological polar surface area (TPSA) is 32.3 Å². The van der Waals surface area contributed by atoms with E-state index in [0.29, 0.717) is 0 Å². The van der Waals surface area contributed by atoms with Gasteiger partial charge in [0.2, 0.25) is 0 Å². The molecule has 2 nitrogen and oxygen atoms in total. The van der Waals surface area contributed by atoms with Gasteiger partial charge in [-0.1, -0.05) is 66.4 Å². The van der Waals surface area contributed by atoms with E-state index < -0.39 is 6.10 Å². The standard InChI is InChI=1S/C19H15NOS/c21-19(13-7-2-1-3-8-13)14-9-6-12-17-18(14)20-15-10-4-5-11-16(15)22-17/h1-12,19-21H. The van der Waals surface area contributed by atoms with E-state index in [1.165, 1.54) is 4.90 Å². The monoisotopic (exact) mass is 305 g/mol. The highest BCUT2D eigenvalue weighted by molar-refractivity contribution is 7.99. The Morgan fingerprint density at radius 3 is 2.36 bits per heavy atom. The molecule has 3 aromatic rings. The Morgan fingerprint density at radius 2 is 1.50 bits per heavy atom. The van der Waals surface area contributed by atoms with Crippen molar-refractivity contribution in [3.8, 4) is 0 Å². The van der Waals surface area contributed by atoms with Crippen molar-refractivity contribution in [3.63, 3.8) is 0 Å². The van der Waals surface area contributed by atoms with Crippen LogP contribution in [0.1, 0.15) is 17.2 Å². The Morgan fingerprint density at radius 1 is 0.773 bits per heavy atom. The van der Waals surface area contributed by atoms with E-state index in [0.717, 1.165) is 27.4 Å². The maximum absolute atomic E-state index is 10.7. The van der Waals surface area contributed by atoms with Crippen LogP contribution in [0, 0.1) is 0 Å². The van der Waals surface area contributed by atoms with Crippen molar-refractivity contribution in [3.05, 3.63) is 83.9 Å². The molecule has 1 unspecified atom stereocenters. The van der Waals surface area contributed by atoms with Crippen LogP contribution in [0.4, 0.5) is 11.4 Å². The zero-order chi connectivity index (χ0) is 14.9. The van der Waals surface area contributed by atoms with Gasteiger partial charge in [0, 0.05) is 15.4 Å². The van der Waals surface area contributed by atoms with Gasteiger partial charge < -0.3 is 10.4 Å². The number of anilines is 2. The third-order valence-corrected chi connectivity index (χ3v) is 4.97. The molecule has 0 aromatic heterocycles. The third kappa shape index (κ3) is 2.28. The number of hydrogen-bond donors (Lipinski definition) is 2. The highest BCUT2D eigenvalue weighted by Gasteiger charge is 2.22. The van der Waals surface area contributed by atoms with Gasteiger partial charge >= 0.3 is 0 Å². The van der Waals surface area contributed by atoms with Crippen LogP contribution >= 0.6 is 11.8 Å². The van der Waals surface area contributed by atoms with E-state index in [-0.39, 0.29) is 0 Å². The fraction of sp³-hybridized carbons (Fsp3) is 0.0526. The molecule has 108 valence electrons. The van der Waals surface area contributed by atoms with Crippen LogP contribution in [0.5, 0.6) is 0 Å². The number of fused-ring (bicyclic) bond motifs is 2. The lowest BCUT2D eigenvalue weighted by molar-refractivity contribution is 0.221. The minimum Gasteiger partial charge on any atom is -0.384 e. The molecule has 0 spiro atoms. The van der Waals surface area contributed by atoms with Gasteiger partial charge in [0.25, 0.3) is 0 Å². The lowest BCUT2D eigenvalue weighted by atomic mass is 9.99. The Balaban J connectivity index is 1.78. The smallest absolute Gasteiger partial charge is 0.106 e. The molecule has 1 aliphatic heterocycles. The second-order valence-corrected chi connectivity index (χ2v) is 6.34. The summed E-state index contributed by atoms with van der Waals surface area (Å²) in [6.07, 6.45) is -0.630. The minimum absolute atomic E-state index is 0.630. The molecule has 4 rings (SSSR count). The molecule has 2 N–H and O–H groups in total. The molecule has 1 aliphatic rings. The Kier molecular flexibility index (Phi) is 3.37. The molecule has 0 bridgehead atoms. The Labute approximate surface area is 133 Å². The van der Waals surface area contributed by atoms with Gasteiger partial charge in [-0.2, -0.15) is 0 Å². The number of rotatable bonds is 2. The molecule has 3 heteroatoms. The Hall–Kier alpha value is -2.23. The number of benzene rings is 3. The molecule has 0 saturated carbocycles. The van der Waals surface area contributed by atoms with Crippen LogP contribution in [0.2, 0.25) is 0 Å². The SMILES string of the molecule is OC(c1ccccc1)c1cccc2c1Nc1ccccc1S2. The maximum Gasteiger partial charge on any atom is 0.106 e. The van der Waals surface area contributed by atoms with E-state index >= 15 is 0 Å². The van der Waals surface area contributed by atoms with Gasteiger partial charge in [-0.05, 0) is 23.8 Å². The lowest BCUT2D eigenvalue weighted by Gasteiger charge is -2.25. The summed E-state index contributed by atoms with van der Waals surface area (Å²) in [6.45, 7) is 0. The summed E-state index contributed by atoms with van der Waals surface area (Å²) in [5.74, 6) is 0. The van der Waals surface area contributed by atoms with Gasteiger partial charge in [0.1, 0.15) is 6.10 Å². The van der Waals surface area contributed by atoms with Crippen LogP contribution in [-0.4, -0.2) is 5.11 Å². The molecular weight excluding hydrogens is 290 g/mol. The second-order valence-electron chi connectivity index (χ2n) is 5.26. The molecule has 0 amide bonds. The van der Waals surface area contributed by atoms with E-state index in [1.54, 1.807) is 11.8 Å². The van der Waals surface area contributed by atoms with E-state index in [4.69, 9.17) is 0 Å². The lowest BCUT2D eigenvalue weighted by Crippen LogP contribution is -2.07. The summed E-state index contributed by atoms with van der Waals surface area (Å²) in [4.78, 5) is 2.35. The summed E-state index contributed by atoms with van der Waals surface area (Å²) in [7, 11) is 0. The molecule has 1 atom stereocenters. The van der Waals surface area contributed by atoms with Crippen LogP contribution in [-0.2, 0) is 0 Å². The molecule has 1 heterocycles. The summed E-state index contributed by atoms with van der Waals surface area (Å²) in [5.41, 5.74) is 3.91. The van der Waals surface area contributed by atoms with Crippen LogP contribution in [0.25, 0.3) is 0 Å². The van der Waals surface area contributed by atoms with Crippen molar-refractivity contribution >= 4 is 23.1 Å². The second kappa shape index (κ2) is 5.52. The van der Waals surface area contributed by atoms with E-state index in [9.17, 15) is 5.11 Å². The van der Waals surface area contributed by atoms with Gasteiger partial charge in [-0.15, -0.1) is 0 Å². The Bertz CT molecular complexity index is 817. The van der Waals surface area contributed by atoms with Crippen molar-refractivity contribution in [2.45, 2.75) is 15.9 Å². The van der Waals surface area contributed by atoms with Crippen molar-refractivity contribution in [1.82, 2.24) is 0 Å². The summed E-state index contributed by atoms with van der Waals surface area (Å²) in [5, 5.41) is 14.2. The molecule has 0 aliphatic carbocycles. The van der Waals surface area contributed by atoms with Crippen molar-refractivity contribution < 1.29 is 5.11 Å². The largest absolute Gasteiger partial charge is 0.384 e. The number of aliphatic hydroxyl groups excluding tert-OH is 1.